The van der Waals surface area contributed by atoms with Crippen LogP contribution < -0.4 is 0 Å². The minimum absolute atomic E-state index is 0.0603. The Balaban J connectivity index is 2.21. The molecule has 0 spiro atoms. The quantitative estimate of drug-likeness (QED) is 0.784. The van der Waals surface area contributed by atoms with Gasteiger partial charge in [-0.1, -0.05) is 35.3 Å². The number of halogens is 4. The van der Waals surface area contributed by atoms with Gasteiger partial charge in [0.05, 0.1) is 11.1 Å². The number of hydrogen-bond donors (Lipinski definition) is 1. The largest absolute Gasteiger partial charge is 0.387 e. The van der Waals surface area contributed by atoms with Crippen LogP contribution in [0.3, 0.4) is 0 Å². The van der Waals surface area contributed by atoms with Gasteiger partial charge >= 0.3 is 0 Å². The van der Waals surface area contributed by atoms with Gasteiger partial charge in [-0.3, -0.25) is 0 Å². The number of aliphatic hydroxyl groups is 1. The second-order valence-electron chi connectivity index (χ2n) is 3.70. The van der Waals surface area contributed by atoms with Crippen LogP contribution in [0.4, 0.5) is 4.39 Å². The van der Waals surface area contributed by atoms with Crippen molar-refractivity contribution in [1.29, 1.82) is 0 Å². The number of thiophene rings is 1. The van der Waals surface area contributed by atoms with Crippen LogP contribution in [0.15, 0.2) is 28.7 Å². The summed E-state index contributed by atoms with van der Waals surface area (Å²) in [5.41, 5.74) is 0.385. The standard InChI is InChI=1S/C12H8BrCl2FOS/c13-7-5-10(18-12(7)15)9(17)4-6-2-1-3-8(14)11(6)16/h1-3,5,9,17H,4H2. The fourth-order valence-electron chi connectivity index (χ4n) is 1.54. The van der Waals surface area contributed by atoms with Gasteiger partial charge in [-0.15, -0.1) is 11.3 Å². The van der Waals surface area contributed by atoms with Crippen molar-refractivity contribution in [2.24, 2.45) is 0 Å². The van der Waals surface area contributed by atoms with Gasteiger partial charge in [-0.2, -0.15) is 0 Å². The first-order valence-electron chi connectivity index (χ1n) is 5.04. The maximum atomic E-state index is 13.7. The first kappa shape index (κ1) is 14.3. The van der Waals surface area contributed by atoms with Gasteiger partial charge in [0.15, 0.2) is 0 Å². The van der Waals surface area contributed by atoms with E-state index >= 15 is 0 Å². The predicted octanol–water partition coefficient (Wildman–Crippen LogP) is 5.23. The van der Waals surface area contributed by atoms with Crippen LogP contribution in [0.5, 0.6) is 0 Å². The lowest BCUT2D eigenvalue weighted by molar-refractivity contribution is 0.181. The molecular weight excluding hydrogens is 362 g/mol. The Bertz CT molecular complexity index is 554. The highest BCUT2D eigenvalue weighted by atomic mass is 79.9. The van der Waals surface area contributed by atoms with Gasteiger partial charge in [-0.25, -0.2) is 4.39 Å². The molecule has 1 aromatic carbocycles. The highest BCUT2D eigenvalue weighted by molar-refractivity contribution is 9.10. The van der Waals surface area contributed by atoms with Crippen molar-refractivity contribution in [3.8, 4) is 0 Å². The summed E-state index contributed by atoms with van der Waals surface area (Å²) in [5.74, 6) is -0.486. The Hall–Kier alpha value is -0.130. The fraction of sp³-hybridized carbons (Fsp3) is 0.167. The van der Waals surface area contributed by atoms with Crippen LogP contribution in [0.25, 0.3) is 0 Å². The van der Waals surface area contributed by atoms with E-state index in [0.29, 0.717) is 14.8 Å². The zero-order chi connectivity index (χ0) is 13.3. The molecule has 18 heavy (non-hydrogen) atoms. The molecule has 0 aliphatic carbocycles. The van der Waals surface area contributed by atoms with E-state index in [1.54, 1.807) is 18.2 Å². The third-order valence-corrected chi connectivity index (χ3v) is 5.31. The number of rotatable bonds is 3. The van der Waals surface area contributed by atoms with E-state index in [1.807, 2.05) is 0 Å². The van der Waals surface area contributed by atoms with E-state index in [1.165, 1.54) is 17.4 Å². The molecule has 2 aromatic rings. The molecule has 1 N–H and O–H groups in total. The monoisotopic (exact) mass is 368 g/mol. The molecule has 1 atom stereocenters. The minimum Gasteiger partial charge on any atom is -0.387 e. The third kappa shape index (κ3) is 3.06. The highest BCUT2D eigenvalue weighted by Crippen LogP contribution is 2.36. The van der Waals surface area contributed by atoms with E-state index in [4.69, 9.17) is 23.2 Å². The fourth-order valence-corrected chi connectivity index (χ4v) is 3.46. The molecule has 1 nitrogen and oxygen atoms in total. The summed E-state index contributed by atoms with van der Waals surface area (Å²) in [6.45, 7) is 0. The van der Waals surface area contributed by atoms with E-state index in [0.717, 1.165) is 4.47 Å². The van der Waals surface area contributed by atoms with E-state index < -0.39 is 11.9 Å². The van der Waals surface area contributed by atoms with Crippen LogP contribution >= 0.6 is 50.5 Å². The molecule has 1 heterocycles. The Morgan fingerprint density at radius 1 is 1.39 bits per heavy atom. The average Bonchev–Trinajstić information content (AvgIpc) is 2.66. The molecular formula is C12H8BrCl2FOS. The van der Waals surface area contributed by atoms with Gasteiger partial charge in [-0.05, 0) is 33.6 Å². The second-order valence-corrected chi connectivity index (χ2v) is 6.65. The number of hydrogen-bond acceptors (Lipinski definition) is 2. The molecule has 0 bridgehead atoms. The van der Waals surface area contributed by atoms with Crippen molar-refractivity contribution in [2.75, 3.05) is 0 Å². The van der Waals surface area contributed by atoms with Crippen LogP contribution in [-0.4, -0.2) is 5.11 Å². The lowest BCUT2D eigenvalue weighted by Crippen LogP contribution is -2.02. The molecule has 1 aromatic heterocycles. The third-order valence-electron chi connectivity index (χ3n) is 2.44. The molecule has 0 radical (unpaired) electrons. The first-order chi connectivity index (χ1) is 8.49. The summed E-state index contributed by atoms with van der Waals surface area (Å²) in [6, 6.07) is 6.48. The summed E-state index contributed by atoms with van der Waals surface area (Å²) in [6.07, 6.45) is -0.637. The molecule has 0 aliphatic heterocycles. The summed E-state index contributed by atoms with van der Waals surface area (Å²) < 4.78 is 15.0. The summed E-state index contributed by atoms with van der Waals surface area (Å²) in [5, 5.41) is 10.1. The van der Waals surface area contributed by atoms with Gasteiger partial charge in [0.2, 0.25) is 0 Å². The normalized spacial score (nSPS) is 12.7. The van der Waals surface area contributed by atoms with E-state index in [2.05, 4.69) is 15.9 Å². The number of benzene rings is 1. The van der Waals surface area contributed by atoms with E-state index in [-0.39, 0.29) is 11.4 Å². The first-order valence-corrected chi connectivity index (χ1v) is 7.41. The Morgan fingerprint density at radius 3 is 2.72 bits per heavy atom. The van der Waals surface area contributed by atoms with Crippen molar-refractivity contribution >= 4 is 50.5 Å². The van der Waals surface area contributed by atoms with Crippen LogP contribution in [0.2, 0.25) is 9.36 Å². The highest BCUT2D eigenvalue weighted by Gasteiger charge is 2.16. The molecule has 96 valence electrons. The smallest absolute Gasteiger partial charge is 0.145 e. The van der Waals surface area contributed by atoms with Gasteiger partial charge in [0.1, 0.15) is 10.2 Å². The van der Waals surface area contributed by atoms with Crippen molar-refractivity contribution in [2.45, 2.75) is 12.5 Å². The molecule has 0 fully saturated rings. The molecule has 0 amide bonds. The van der Waals surface area contributed by atoms with Crippen molar-refractivity contribution in [1.82, 2.24) is 0 Å². The van der Waals surface area contributed by atoms with E-state index in [9.17, 15) is 9.50 Å². The van der Waals surface area contributed by atoms with Crippen LogP contribution in [0.1, 0.15) is 16.5 Å². The molecule has 2 rings (SSSR count). The molecule has 6 heteroatoms. The topological polar surface area (TPSA) is 20.2 Å². The zero-order valence-electron chi connectivity index (χ0n) is 8.96. The van der Waals surface area contributed by atoms with Crippen LogP contribution in [-0.2, 0) is 6.42 Å². The summed E-state index contributed by atoms with van der Waals surface area (Å²) >= 11 is 16.1. The Kier molecular flexibility index (Phi) is 4.67. The van der Waals surface area contributed by atoms with Crippen molar-refractivity contribution in [3.05, 3.63) is 54.4 Å². The second kappa shape index (κ2) is 5.88. The molecule has 1 unspecified atom stereocenters. The van der Waals surface area contributed by atoms with Gasteiger partial charge < -0.3 is 5.11 Å². The lowest BCUT2D eigenvalue weighted by Gasteiger charge is -2.09. The number of aliphatic hydroxyl groups excluding tert-OH is 1. The van der Waals surface area contributed by atoms with Gasteiger partial charge in [0.25, 0.3) is 0 Å². The summed E-state index contributed by atoms with van der Waals surface area (Å²) in [7, 11) is 0. The SMILES string of the molecule is OC(Cc1cccc(Cl)c1F)c1cc(Br)c(Cl)s1. The minimum atomic E-state index is -0.799. The Labute approximate surface area is 126 Å². The predicted molar refractivity (Wildman–Crippen MR) is 77.1 cm³/mol. The van der Waals surface area contributed by atoms with Crippen molar-refractivity contribution in [3.63, 3.8) is 0 Å². The zero-order valence-corrected chi connectivity index (χ0v) is 12.9. The molecule has 0 saturated carbocycles. The summed E-state index contributed by atoms with van der Waals surface area (Å²) in [4.78, 5) is 0.686. The molecule has 0 aliphatic rings. The molecule has 0 saturated heterocycles. The van der Waals surface area contributed by atoms with Gasteiger partial charge in [0, 0.05) is 15.8 Å². The maximum Gasteiger partial charge on any atom is 0.145 e. The average molecular weight is 370 g/mol. The maximum absolute atomic E-state index is 13.7. The van der Waals surface area contributed by atoms with Crippen molar-refractivity contribution < 1.29 is 9.50 Å². The Morgan fingerprint density at radius 2 is 2.11 bits per heavy atom. The lowest BCUT2D eigenvalue weighted by atomic mass is 10.1. The van der Waals surface area contributed by atoms with Crippen LogP contribution in [0, 0.1) is 5.82 Å².